The van der Waals surface area contributed by atoms with Gasteiger partial charge in [-0.15, -0.1) is 0 Å². The van der Waals surface area contributed by atoms with Crippen molar-refractivity contribution in [2.24, 2.45) is 5.84 Å². The molecule has 8 heteroatoms. The van der Waals surface area contributed by atoms with Crippen LogP contribution in [0.2, 0.25) is 5.02 Å². The molecule has 0 saturated carbocycles. The molecule has 0 fully saturated rings. The molecule has 3 N–H and O–H groups in total. The van der Waals surface area contributed by atoms with Gasteiger partial charge in [0.1, 0.15) is 5.69 Å². The summed E-state index contributed by atoms with van der Waals surface area (Å²) in [5, 5.41) is 15.4. The Labute approximate surface area is 107 Å². The number of nitro groups is 1. The summed E-state index contributed by atoms with van der Waals surface area (Å²) in [5.41, 5.74) is 3.21. The average Bonchev–Trinajstić information content (AvgIpc) is 2.74. The minimum Gasteiger partial charge on any atom is -0.318 e. The Morgan fingerprint density at radius 3 is 2.89 bits per heavy atom. The quantitative estimate of drug-likeness (QED) is 0.500. The van der Waals surface area contributed by atoms with Crippen LogP contribution in [0, 0.1) is 10.1 Å². The van der Waals surface area contributed by atoms with Gasteiger partial charge >= 0.3 is 0 Å². The smallest absolute Gasteiger partial charge is 0.293 e. The van der Waals surface area contributed by atoms with Gasteiger partial charge in [0.15, 0.2) is 0 Å². The summed E-state index contributed by atoms with van der Waals surface area (Å²) in [6.45, 7) is 0.341. The molecule has 7 nitrogen and oxygen atoms in total. The third kappa shape index (κ3) is 2.41. The third-order valence-corrected chi connectivity index (χ3v) is 2.60. The maximum absolute atomic E-state index is 10.9. The van der Waals surface area contributed by atoms with Crippen LogP contribution in [-0.4, -0.2) is 14.7 Å². The van der Waals surface area contributed by atoms with Gasteiger partial charge in [0.05, 0.1) is 22.7 Å². The van der Waals surface area contributed by atoms with Gasteiger partial charge in [-0.25, -0.2) is 0 Å². The van der Waals surface area contributed by atoms with Crippen molar-refractivity contribution in [1.82, 2.24) is 9.78 Å². The third-order valence-electron chi connectivity index (χ3n) is 2.40. The van der Waals surface area contributed by atoms with Gasteiger partial charge in [0.25, 0.3) is 5.69 Å². The summed E-state index contributed by atoms with van der Waals surface area (Å²) in [6, 6.07) is 4.71. The first-order valence-corrected chi connectivity index (χ1v) is 5.40. The van der Waals surface area contributed by atoms with Crippen LogP contribution in [0.5, 0.6) is 0 Å². The molecule has 0 unspecified atom stereocenters. The monoisotopic (exact) mass is 267 g/mol. The number of hydrogen-bond donors (Lipinski definition) is 2. The van der Waals surface area contributed by atoms with Crippen LogP contribution in [0.4, 0.5) is 11.4 Å². The number of nitro benzene ring substituents is 1. The van der Waals surface area contributed by atoms with Crippen LogP contribution in [-0.2, 0) is 6.54 Å². The van der Waals surface area contributed by atoms with Gasteiger partial charge in [0.2, 0.25) is 0 Å². The highest BCUT2D eigenvalue weighted by Crippen LogP contribution is 2.27. The molecule has 1 heterocycles. The molecule has 0 aliphatic heterocycles. The van der Waals surface area contributed by atoms with Gasteiger partial charge in [0, 0.05) is 17.8 Å². The highest BCUT2D eigenvalue weighted by molar-refractivity contribution is 6.30. The molecule has 0 bridgehead atoms. The number of para-hydroxylation sites is 1. The fraction of sp³-hybridized carbons (Fsp3) is 0.100. The summed E-state index contributed by atoms with van der Waals surface area (Å²) in [4.78, 5) is 10.4. The van der Waals surface area contributed by atoms with Gasteiger partial charge in [-0.05, 0) is 0 Å². The van der Waals surface area contributed by atoms with Crippen LogP contribution < -0.4 is 11.3 Å². The lowest BCUT2D eigenvalue weighted by molar-refractivity contribution is -0.384. The number of hydrazine groups is 1. The number of nitrogen functional groups attached to an aromatic ring is 1. The Morgan fingerprint density at radius 1 is 1.56 bits per heavy atom. The first kappa shape index (κ1) is 12.3. The first-order valence-electron chi connectivity index (χ1n) is 5.02. The molecule has 0 aliphatic carbocycles. The summed E-state index contributed by atoms with van der Waals surface area (Å²) in [5.74, 6) is 5.34. The average molecular weight is 268 g/mol. The molecule has 2 rings (SSSR count). The van der Waals surface area contributed by atoms with Crippen LogP contribution in [0.3, 0.4) is 0 Å². The number of nitrogens with two attached hydrogens (primary N) is 1. The highest BCUT2D eigenvalue weighted by atomic mass is 35.5. The lowest BCUT2D eigenvalue weighted by atomic mass is 10.1. The summed E-state index contributed by atoms with van der Waals surface area (Å²) in [6.07, 6.45) is 3.12. The fourth-order valence-electron chi connectivity index (χ4n) is 1.64. The standard InChI is InChI=1S/C10H10ClN5O2/c11-8-4-13-15(6-8)5-7-2-1-3-9(16(17)18)10(7)14-12/h1-4,6,14H,5,12H2. The molecule has 2 aromatic rings. The number of anilines is 1. The molecule has 0 atom stereocenters. The van der Waals surface area contributed by atoms with Crippen molar-refractivity contribution in [3.63, 3.8) is 0 Å². The van der Waals surface area contributed by atoms with E-state index in [1.54, 1.807) is 23.0 Å². The molecular formula is C10H10ClN5O2. The number of nitrogens with zero attached hydrogens (tertiary/aromatic N) is 3. The summed E-state index contributed by atoms with van der Waals surface area (Å²) < 4.78 is 1.57. The molecule has 1 aromatic carbocycles. The Morgan fingerprint density at radius 2 is 2.33 bits per heavy atom. The lowest BCUT2D eigenvalue weighted by Crippen LogP contribution is -2.13. The van der Waals surface area contributed by atoms with E-state index in [1.807, 2.05) is 0 Å². The second-order valence-corrected chi connectivity index (χ2v) is 4.01. The minimum atomic E-state index is -0.491. The van der Waals surface area contributed by atoms with Crippen molar-refractivity contribution >= 4 is 23.0 Å². The number of nitrogens with one attached hydrogen (secondary N) is 1. The van der Waals surface area contributed by atoms with Crippen molar-refractivity contribution in [3.05, 3.63) is 51.3 Å². The van der Waals surface area contributed by atoms with Gasteiger partial charge in [-0.2, -0.15) is 5.10 Å². The molecular weight excluding hydrogens is 258 g/mol. The normalized spacial score (nSPS) is 10.3. The summed E-state index contributed by atoms with van der Waals surface area (Å²) in [7, 11) is 0. The van der Waals surface area contributed by atoms with Crippen molar-refractivity contribution in [3.8, 4) is 0 Å². The van der Waals surface area contributed by atoms with E-state index in [4.69, 9.17) is 17.4 Å². The Bertz CT molecular complexity index is 583. The van der Waals surface area contributed by atoms with E-state index in [2.05, 4.69) is 10.5 Å². The van der Waals surface area contributed by atoms with Gasteiger partial charge in [-0.1, -0.05) is 23.7 Å². The maximum atomic E-state index is 10.9. The molecule has 94 valence electrons. The van der Waals surface area contributed by atoms with Crippen molar-refractivity contribution in [2.45, 2.75) is 6.54 Å². The van der Waals surface area contributed by atoms with E-state index in [0.717, 1.165) is 0 Å². The fourth-order valence-corrected chi connectivity index (χ4v) is 1.79. The van der Waals surface area contributed by atoms with Crippen molar-refractivity contribution < 1.29 is 4.92 Å². The van der Waals surface area contributed by atoms with Gasteiger partial charge in [-0.3, -0.25) is 20.6 Å². The van der Waals surface area contributed by atoms with Crippen molar-refractivity contribution in [2.75, 3.05) is 5.43 Å². The Kier molecular flexibility index (Phi) is 3.45. The topological polar surface area (TPSA) is 99.0 Å². The van der Waals surface area contributed by atoms with E-state index < -0.39 is 4.92 Å². The number of rotatable bonds is 4. The van der Waals surface area contributed by atoms with Crippen LogP contribution in [0.25, 0.3) is 0 Å². The van der Waals surface area contributed by atoms with Crippen molar-refractivity contribution in [1.29, 1.82) is 0 Å². The number of halogens is 1. The molecule has 18 heavy (non-hydrogen) atoms. The van der Waals surface area contributed by atoms with E-state index in [0.29, 0.717) is 17.1 Å². The zero-order valence-corrected chi connectivity index (χ0v) is 9.96. The first-order chi connectivity index (χ1) is 8.61. The number of aromatic nitrogens is 2. The molecule has 0 spiro atoms. The second kappa shape index (κ2) is 5.03. The zero-order valence-electron chi connectivity index (χ0n) is 9.21. The molecule has 0 saturated heterocycles. The maximum Gasteiger partial charge on any atom is 0.293 e. The molecule has 0 aliphatic rings. The lowest BCUT2D eigenvalue weighted by Gasteiger charge is -2.09. The SMILES string of the molecule is NNc1c(Cn2cc(Cl)cn2)cccc1[N+](=O)[O-]. The van der Waals surface area contributed by atoms with E-state index in [-0.39, 0.29) is 11.4 Å². The molecule has 0 radical (unpaired) electrons. The predicted octanol–water partition coefficient (Wildman–Crippen LogP) is 1.78. The van der Waals surface area contributed by atoms with Crippen LogP contribution >= 0.6 is 11.6 Å². The Balaban J connectivity index is 2.38. The largest absolute Gasteiger partial charge is 0.318 e. The van der Waals surface area contributed by atoms with E-state index >= 15 is 0 Å². The minimum absolute atomic E-state index is 0.0757. The number of benzene rings is 1. The zero-order chi connectivity index (χ0) is 13.1. The van der Waals surface area contributed by atoms with Crippen LogP contribution in [0.1, 0.15) is 5.56 Å². The predicted molar refractivity (Wildman–Crippen MR) is 67.2 cm³/mol. The molecule has 1 aromatic heterocycles. The molecule has 0 amide bonds. The number of hydrogen-bond acceptors (Lipinski definition) is 5. The van der Waals surface area contributed by atoms with Crippen LogP contribution in [0.15, 0.2) is 30.6 Å². The Hall–Kier alpha value is -2.12. The van der Waals surface area contributed by atoms with Gasteiger partial charge < -0.3 is 5.43 Å². The highest BCUT2D eigenvalue weighted by Gasteiger charge is 2.16. The summed E-state index contributed by atoms with van der Waals surface area (Å²) >= 11 is 5.75. The second-order valence-electron chi connectivity index (χ2n) is 3.57. The van der Waals surface area contributed by atoms with E-state index in [1.165, 1.54) is 12.3 Å². The van der Waals surface area contributed by atoms with E-state index in [9.17, 15) is 10.1 Å².